The minimum absolute atomic E-state index is 0.212. The van der Waals surface area contributed by atoms with Crippen molar-refractivity contribution >= 4 is 45.1 Å². The number of carbonyl (C=O) groups excluding carboxylic acids is 3. The molecule has 164 valence electrons. The number of amides is 3. The maximum atomic E-state index is 13.2. The minimum atomic E-state index is -0.844. The van der Waals surface area contributed by atoms with Crippen LogP contribution in [-0.2, 0) is 11.2 Å². The van der Waals surface area contributed by atoms with Gasteiger partial charge in [0.1, 0.15) is 23.0 Å². The number of hydrogen-bond acceptors (Lipinski definition) is 7. The molecule has 1 saturated heterocycles. The summed E-state index contributed by atoms with van der Waals surface area (Å²) in [7, 11) is 0. The van der Waals surface area contributed by atoms with Crippen molar-refractivity contribution in [3.8, 4) is 0 Å². The van der Waals surface area contributed by atoms with Gasteiger partial charge < -0.3 is 9.80 Å². The summed E-state index contributed by atoms with van der Waals surface area (Å²) in [6.07, 6.45) is 2.55. The number of aromatic nitrogens is 2. The van der Waals surface area contributed by atoms with Crippen molar-refractivity contribution in [1.82, 2.24) is 19.8 Å². The lowest BCUT2D eigenvalue weighted by Gasteiger charge is -2.37. The Morgan fingerprint density at radius 2 is 1.72 bits per heavy atom. The third-order valence-corrected chi connectivity index (χ3v) is 7.36. The Morgan fingerprint density at radius 1 is 1.06 bits per heavy atom. The second kappa shape index (κ2) is 7.98. The predicted molar refractivity (Wildman–Crippen MR) is 122 cm³/mol. The van der Waals surface area contributed by atoms with E-state index in [0.717, 1.165) is 27.4 Å². The Labute approximate surface area is 189 Å². The molecule has 0 aliphatic carbocycles. The molecule has 4 heterocycles. The molecule has 5 rings (SSSR count). The van der Waals surface area contributed by atoms with Crippen LogP contribution < -0.4 is 4.90 Å². The first-order valence-corrected chi connectivity index (χ1v) is 11.5. The van der Waals surface area contributed by atoms with Crippen molar-refractivity contribution in [2.45, 2.75) is 26.3 Å². The maximum Gasteiger partial charge on any atom is 0.262 e. The summed E-state index contributed by atoms with van der Waals surface area (Å²) in [6.45, 7) is 6.01. The third kappa shape index (κ3) is 3.24. The molecule has 0 N–H and O–H groups in total. The number of thiophene rings is 1. The van der Waals surface area contributed by atoms with E-state index in [1.54, 1.807) is 53.8 Å². The SMILES string of the molecule is CCc1cc2c(N3CCN(C(=O)C(C)N4C(=O)c5ccccc5C4=O)CC3)ncnc2s1. The molecule has 32 heavy (non-hydrogen) atoms. The van der Waals surface area contributed by atoms with Gasteiger partial charge in [0.05, 0.1) is 16.5 Å². The summed E-state index contributed by atoms with van der Waals surface area (Å²) < 4.78 is 0. The van der Waals surface area contributed by atoms with Crippen LogP contribution in [0.3, 0.4) is 0 Å². The first-order valence-electron chi connectivity index (χ1n) is 10.7. The summed E-state index contributed by atoms with van der Waals surface area (Å²) in [5.41, 5.74) is 0.717. The molecule has 0 saturated carbocycles. The van der Waals surface area contributed by atoms with E-state index in [2.05, 4.69) is 27.9 Å². The molecule has 0 spiro atoms. The summed E-state index contributed by atoms with van der Waals surface area (Å²) in [5, 5.41) is 1.05. The summed E-state index contributed by atoms with van der Waals surface area (Å²) >= 11 is 1.68. The van der Waals surface area contributed by atoms with Gasteiger partial charge in [-0.3, -0.25) is 19.3 Å². The Balaban J connectivity index is 1.29. The molecular formula is C23H23N5O3S. The lowest BCUT2D eigenvalue weighted by Crippen LogP contribution is -2.55. The molecule has 2 aromatic heterocycles. The van der Waals surface area contributed by atoms with E-state index in [1.807, 2.05) is 0 Å². The van der Waals surface area contributed by atoms with Gasteiger partial charge in [0.25, 0.3) is 11.8 Å². The van der Waals surface area contributed by atoms with Crippen LogP contribution in [0.15, 0.2) is 36.7 Å². The van der Waals surface area contributed by atoms with E-state index in [1.165, 1.54) is 4.88 Å². The van der Waals surface area contributed by atoms with Crippen molar-refractivity contribution in [1.29, 1.82) is 0 Å². The highest BCUT2D eigenvalue weighted by atomic mass is 32.1. The number of piperazine rings is 1. The molecule has 3 aromatic rings. The Hall–Kier alpha value is -3.33. The van der Waals surface area contributed by atoms with E-state index >= 15 is 0 Å². The van der Waals surface area contributed by atoms with Crippen LogP contribution in [0, 0.1) is 0 Å². The summed E-state index contributed by atoms with van der Waals surface area (Å²) in [6, 6.07) is 8.01. The first kappa shape index (κ1) is 20.6. The summed E-state index contributed by atoms with van der Waals surface area (Å²) in [5.74, 6) is -0.127. The standard InChI is InChI=1S/C23H23N5O3S/c1-3-15-12-18-19(24-13-25-20(18)32-15)26-8-10-27(11-9-26)21(29)14(2)28-22(30)16-6-4-5-7-17(16)23(28)31/h4-7,12-14H,3,8-11H2,1-2H3. The second-order valence-electron chi connectivity index (χ2n) is 8.00. The van der Waals surface area contributed by atoms with Crippen LogP contribution in [0.5, 0.6) is 0 Å². The Bertz CT molecular complexity index is 1200. The fourth-order valence-electron chi connectivity index (χ4n) is 4.39. The largest absolute Gasteiger partial charge is 0.352 e. The minimum Gasteiger partial charge on any atom is -0.352 e. The smallest absolute Gasteiger partial charge is 0.262 e. The van der Waals surface area contributed by atoms with Gasteiger partial charge in [0.15, 0.2) is 0 Å². The maximum absolute atomic E-state index is 13.2. The van der Waals surface area contributed by atoms with E-state index in [9.17, 15) is 14.4 Å². The number of nitrogens with zero attached hydrogens (tertiary/aromatic N) is 5. The van der Waals surface area contributed by atoms with Crippen molar-refractivity contribution in [3.63, 3.8) is 0 Å². The average molecular weight is 450 g/mol. The molecule has 9 heteroatoms. The normalized spacial score (nSPS) is 17.2. The molecule has 1 unspecified atom stereocenters. The van der Waals surface area contributed by atoms with Crippen molar-refractivity contribution in [2.75, 3.05) is 31.1 Å². The van der Waals surface area contributed by atoms with E-state index in [-0.39, 0.29) is 5.91 Å². The zero-order valence-corrected chi connectivity index (χ0v) is 18.8. The van der Waals surface area contributed by atoms with Crippen molar-refractivity contribution < 1.29 is 14.4 Å². The molecular weight excluding hydrogens is 426 g/mol. The lowest BCUT2D eigenvalue weighted by atomic mass is 10.1. The number of carbonyl (C=O) groups is 3. The Kier molecular flexibility index (Phi) is 5.13. The highest BCUT2D eigenvalue weighted by molar-refractivity contribution is 7.18. The first-order chi connectivity index (χ1) is 15.5. The molecule has 1 fully saturated rings. The fourth-order valence-corrected chi connectivity index (χ4v) is 5.32. The number of fused-ring (bicyclic) bond motifs is 2. The van der Waals surface area contributed by atoms with Crippen LogP contribution in [-0.4, -0.2) is 69.7 Å². The Morgan fingerprint density at radius 3 is 2.34 bits per heavy atom. The number of rotatable bonds is 4. The molecule has 2 aliphatic rings. The second-order valence-corrected chi connectivity index (χ2v) is 9.11. The third-order valence-electron chi connectivity index (χ3n) is 6.17. The van der Waals surface area contributed by atoms with Gasteiger partial charge >= 0.3 is 0 Å². The van der Waals surface area contributed by atoms with E-state index in [0.29, 0.717) is 37.3 Å². The molecule has 8 nitrogen and oxygen atoms in total. The van der Waals surface area contributed by atoms with Crippen LogP contribution in [0.2, 0.25) is 0 Å². The van der Waals surface area contributed by atoms with Gasteiger partial charge in [-0.25, -0.2) is 9.97 Å². The van der Waals surface area contributed by atoms with Crippen LogP contribution in [0.4, 0.5) is 5.82 Å². The number of hydrogen-bond donors (Lipinski definition) is 0. The van der Waals surface area contributed by atoms with Gasteiger partial charge in [0.2, 0.25) is 5.91 Å². The van der Waals surface area contributed by atoms with E-state index in [4.69, 9.17) is 0 Å². The molecule has 2 aliphatic heterocycles. The molecule has 1 aromatic carbocycles. The monoisotopic (exact) mass is 449 g/mol. The topological polar surface area (TPSA) is 86.7 Å². The van der Waals surface area contributed by atoms with Gasteiger partial charge in [0, 0.05) is 31.1 Å². The number of benzene rings is 1. The van der Waals surface area contributed by atoms with Gasteiger partial charge in [-0.15, -0.1) is 11.3 Å². The average Bonchev–Trinajstić information content (AvgIpc) is 3.37. The summed E-state index contributed by atoms with van der Waals surface area (Å²) in [4.78, 5) is 54.8. The number of aryl methyl sites for hydroxylation is 1. The molecule has 1 atom stereocenters. The van der Waals surface area contributed by atoms with Crippen molar-refractivity contribution in [3.05, 3.63) is 52.7 Å². The van der Waals surface area contributed by atoms with Gasteiger partial charge in [-0.2, -0.15) is 0 Å². The van der Waals surface area contributed by atoms with E-state index < -0.39 is 17.9 Å². The van der Waals surface area contributed by atoms with Crippen molar-refractivity contribution in [2.24, 2.45) is 0 Å². The zero-order chi connectivity index (χ0) is 22.4. The lowest BCUT2D eigenvalue weighted by molar-refractivity contribution is -0.135. The van der Waals surface area contributed by atoms with Gasteiger partial charge in [-0.05, 0) is 31.5 Å². The molecule has 0 bridgehead atoms. The highest BCUT2D eigenvalue weighted by Crippen LogP contribution is 2.31. The van der Waals surface area contributed by atoms with Crippen LogP contribution in [0.1, 0.15) is 39.4 Å². The zero-order valence-electron chi connectivity index (χ0n) is 17.9. The van der Waals surface area contributed by atoms with Gasteiger partial charge in [-0.1, -0.05) is 19.1 Å². The molecule has 3 amide bonds. The highest BCUT2D eigenvalue weighted by Gasteiger charge is 2.42. The van der Waals surface area contributed by atoms with Crippen LogP contribution >= 0.6 is 11.3 Å². The number of imide groups is 1. The number of anilines is 1. The molecule has 0 radical (unpaired) electrons. The predicted octanol–water partition coefficient (Wildman–Crippen LogP) is 2.59. The van der Waals surface area contributed by atoms with Crippen LogP contribution in [0.25, 0.3) is 10.2 Å². The fraction of sp³-hybridized carbons (Fsp3) is 0.348. The quantitative estimate of drug-likeness (QED) is 0.569.